The molecule has 1 aromatic rings. The molecule has 0 fully saturated rings. The van der Waals surface area contributed by atoms with Crippen molar-refractivity contribution in [3.8, 4) is 0 Å². The first-order valence-corrected chi connectivity index (χ1v) is 7.40. The van der Waals surface area contributed by atoms with Gasteiger partial charge in [-0.05, 0) is 38.5 Å². The molecule has 20 heavy (non-hydrogen) atoms. The van der Waals surface area contributed by atoms with Crippen molar-refractivity contribution in [3.05, 3.63) is 29.8 Å². The van der Waals surface area contributed by atoms with Gasteiger partial charge in [0.1, 0.15) is 5.60 Å². The molecule has 0 radical (unpaired) electrons. The maximum Gasteiger partial charge on any atom is 0.422 e. The molecule has 0 unspecified atom stereocenters. The third-order valence-electron chi connectivity index (χ3n) is 2.06. The first-order chi connectivity index (χ1) is 9.07. The molecular formula is C12H19N3O4S. The van der Waals surface area contributed by atoms with E-state index in [1.807, 2.05) is 0 Å². The van der Waals surface area contributed by atoms with Crippen molar-refractivity contribution in [2.75, 3.05) is 5.73 Å². The Bertz CT molecular complexity index is 561. The number of hydrogen-bond donors (Lipinski definition) is 3. The van der Waals surface area contributed by atoms with E-state index in [2.05, 4.69) is 4.72 Å². The van der Waals surface area contributed by atoms with Crippen LogP contribution in [0.1, 0.15) is 26.3 Å². The number of amides is 1. The van der Waals surface area contributed by atoms with Crippen LogP contribution in [0.4, 0.5) is 10.5 Å². The van der Waals surface area contributed by atoms with E-state index < -0.39 is 21.9 Å². The average molecular weight is 301 g/mol. The van der Waals surface area contributed by atoms with E-state index in [4.69, 9.17) is 10.5 Å². The number of nitrogen functional groups attached to an aromatic ring is 1. The highest BCUT2D eigenvalue weighted by Gasteiger charge is 2.20. The SMILES string of the molecule is CC(C)(C)OC(=O)NS(=O)(=O)NCc1ccc(N)cc1. The largest absolute Gasteiger partial charge is 0.443 e. The Morgan fingerprint density at radius 3 is 2.30 bits per heavy atom. The second-order valence-corrected chi connectivity index (χ2v) is 6.67. The fraction of sp³-hybridized carbons (Fsp3) is 0.417. The zero-order chi connectivity index (χ0) is 15.4. The van der Waals surface area contributed by atoms with Gasteiger partial charge < -0.3 is 10.5 Å². The number of carbonyl (C=O) groups is 1. The van der Waals surface area contributed by atoms with E-state index in [1.54, 1.807) is 49.8 Å². The molecule has 0 aliphatic carbocycles. The van der Waals surface area contributed by atoms with Gasteiger partial charge >= 0.3 is 16.3 Å². The van der Waals surface area contributed by atoms with Crippen molar-refractivity contribution in [2.24, 2.45) is 0 Å². The first kappa shape index (κ1) is 16.3. The Morgan fingerprint density at radius 1 is 1.25 bits per heavy atom. The van der Waals surface area contributed by atoms with Gasteiger partial charge in [-0.3, -0.25) is 0 Å². The summed E-state index contributed by atoms with van der Waals surface area (Å²) in [6.07, 6.45) is -1.03. The fourth-order valence-electron chi connectivity index (χ4n) is 1.26. The first-order valence-electron chi connectivity index (χ1n) is 5.92. The van der Waals surface area contributed by atoms with Crippen molar-refractivity contribution in [1.82, 2.24) is 9.44 Å². The smallest absolute Gasteiger partial charge is 0.422 e. The molecule has 8 heteroatoms. The topological polar surface area (TPSA) is 111 Å². The minimum Gasteiger partial charge on any atom is -0.443 e. The fourth-order valence-corrected chi connectivity index (χ4v) is 1.95. The molecule has 0 aliphatic rings. The van der Waals surface area contributed by atoms with E-state index >= 15 is 0 Å². The van der Waals surface area contributed by atoms with E-state index in [1.165, 1.54) is 0 Å². The van der Waals surface area contributed by atoms with E-state index in [0.717, 1.165) is 0 Å². The summed E-state index contributed by atoms with van der Waals surface area (Å²) < 4.78 is 32.1. The molecule has 0 spiro atoms. The number of rotatable bonds is 4. The Kier molecular flexibility index (Phi) is 4.96. The third kappa shape index (κ3) is 6.39. The van der Waals surface area contributed by atoms with E-state index in [0.29, 0.717) is 11.3 Å². The third-order valence-corrected chi connectivity index (χ3v) is 3.02. The highest BCUT2D eigenvalue weighted by Crippen LogP contribution is 2.07. The normalized spacial score (nSPS) is 11.9. The van der Waals surface area contributed by atoms with E-state index in [-0.39, 0.29) is 6.54 Å². The van der Waals surface area contributed by atoms with Gasteiger partial charge in [-0.2, -0.15) is 13.1 Å². The van der Waals surface area contributed by atoms with Gasteiger partial charge in [0.25, 0.3) is 0 Å². The molecule has 1 amide bonds. The molecule has 0 aromatic heterocycles. The lowest BCUT2D eigenvalue weighted by Gasteiger charge is -2.19. The number of carbonyl (C=O) groups excluding carboxylic acids is 1. The van der Waals surface area contributed by atoms with Crippen LogP contribution < -0.4 is 15.2 Å². The lowest BCUT2D eigenvalue weighted by molar-refractivity contribution is 0.0569. The maximum absolute atomic E-state index is 11.6. The van der Waals surface area contributed by atoms with Gasteiger partial charge in [0.15, 0.2) is 0 Å². The number of anilines is 1. The summed E-state index contributed by atoms with van der Waals surface area (Å²) in [6, 6.07) is 6.69. The molecule has 0 saturated carbocycles. The average Bonchev–Trinajstić information content (AvgIpc) is 2.24. The Labute approximate surface area is 118 Å². The second kappa shape index (κ2) is 6.10. The predicted molar refractivity (Wildman–Crippen MR) is 76.0 cm³/mol. The number of nitrogens with two attached hydrogens (primary N) is 1. The summed E-state index contributed by atoms with van der Waals surface area (Å²) in [4.78, 5) is 11.4. The van der Waals surface area contributed by atoms with Crippen molar-refractivity contribution in [2.45, 2.75) is 32.9 Å². The molecule has 1 aromatic carbocycles. The zero-order valence-corrected chi connectivity index (χ0v) is 12.5. The highest BCUT2D eigenvalue weighted by molar-refractivity contribution is 7.88. The lowest BCUT2D eigenvalue weighted by atomic mass is 10.2. The molecule has 1 rings (SSSR count). The molecule has 0 aliphatic heterocycles. The van der Waals surface area contributed by atoms with Crippen LogP contribution in [0.5, 0.6) is 0 Å². The van der Waals surface area contributed by atoms with Gasteiger partial charge in [0.05, 0.1) is 0 Å². The minimum atomic E-state index is -3.97. The predicted octanol–water partition coefficient (Wildman–Crippen LogP) is 1.13. The number of hydrogen-bond acceptors (Lipinski definition) is 5. The zero-order valence-electron chi connectivity index (χ0n) is 11.6. The van der Waals surface area contributed by atoms with Crippen LogP contribution in [0, 0.1) is 0 Å². The Balaban J connectivity index is 2.53. The molecule has 0 saturated heterocycles. The molecule has 0 bridgehead atoms. The van der Waals surface area contributed by atoms with Crippen LogP contribution in [-0.2, 0) is 21.5 Å². The van der Waals surface area contributed by atoms with Crippen LogP contribution in [0.15, 0.2) is 24.3 Å². The number of ether oxygens (including phenoxy) is 1. The molecule has 7 nitrogen and oxygen atoms in total. The van der Waals surface area contributed by atoms with Gasteiger partial charge in [0, 0.05) is 12.2 Å². The van der Waals surface area contributed by atoms with E-state index in [9.17, 15) is 13.2 Å². The summed E-state index contributed by atoms with van der Waals surface area (Å²) in [6.45, 7) is 4.96. The Hall–Kier alpha value is -1.80. The molecule has 112 valence electrons. The summed E-state index contributed by atoms with van der Waals surface area (Å²) in [5, 5.41) is 0. The molecule has 0 heterocycles. The quantitative estimate of drug-likeness (QED) is 0.722. The van der Waals surface area contributed by atoms with Crippen LogP contribution >= 0.6 is 0 Å². The summed E-state index contributed by atoms with van der Waals surface area (Å²) in [7, 11) is -3.97. The molecule has 0 atom stereocenters. The standard InChI is InChI=1S/C12H19N3O4S/c1-12(2,3)19-11(16)15-20(17,18)14-8-9-4-6-10(13)7-5-9/h4-7,14H,8,13H2,1-3H3,(H,15,16). The van der Waals surface area contributed by atoms with Gasteiger partial charge in [-0.25, -0.2) is 9.52 Å². The Morgan fingerprint density at radius 2 is 1.80 bits per heavy atom. The summed E-state index contributed by atoms with van der Waals surface area (Å²) in [5.74, 6) is 0. The second-order valence-electron chi connectivity index (χ2n) is 5.17. The lowest BCUT2D eigenvalue weighted by Crippen LogP contribution is -2.42. The molecule has 4 N–H and O–H groups in total. The highest BCUT2D eigenvalue weighted by atomic mass is 32.2. The van der Waals surface area contributed by atoms with Crippen LogP contribution in [0.2, 0.25) is 0 Å². The minimum absolute atomic E-state index is 0.0401. The van der Waals surface area contributed by atoms with Gasteiger partial charge in [-0.15, -0.1) is 0 Å². The number of nitrogens with one attached hydrogen (secondary N) is 2. The van der Waals surface area contributed by atoms with Crippen molar-refractivity contribution >= 4 is 22.0 Å². The number of benzene rings is 1. The van der Waals surface area contributed by atoms with Crippen molar-refractivity contribution in [1.29, 1.82) is 0 Å². The van der Waals surface area contributed by atoms with Gasteiger partial charge in [0.2, 0.25) is 0 Å². The van der Waals surface area contributed by atoms with Crippen LogP contribution in [0.25, 0.3) is 0 Å². The maximum atomic E-state index is 11.6. The summed E-state index contributed by atoms with van der Waals surface area (Å²) in [5.41, 5.74) is 6.06. The van der Waals surface area contributed by atoms with Crippen LogP contribution in [0.3, 0.4) is 0 Å². The monoisotopic (exact) mass is 301 g/mol. The van der Waals surface area contributed by atoms with Gasteiger partial charge in [-0.1, -0.05) is 12.1 Å². The van der Waals surface area contributed by atoms with Crippen LogP contribution in [-0.4, -0.2) is 20.1 Å². The van der Waals surface area contributed by atoms with Crippen molar-refractivity contribution < 1.29 is 17.9 Å². The molecular weight excluding hydrogens is 282 g/mol. The summed E-state index contributed by atoms with van der Waals surface area (Å²) >= 11 is 0. The van der Waals surface area contributed by atoms with Crippen molar-refractivity contribution in [3.63, 3.8) is 0 Å².